The Kier molecular flexibility index (Phi) is 5.66. The first-order valence-corrected chi connectivity index (χ1v) is 8.00. The average molecular weight is 284 g/mol. The van der Waals surface area contributed by atoms with E-state index in [-0.39, 0.29) is 24.1 Å². The minimum absolute atomic E-state index is 0.108. The number of aliphatic hydroxyl groups excluding tert-OH is 1. The molecule has 116 valence electrons. The van der Waals surface area contributed by atoms with E-state index in [0.717, 1.165) is 13.0 Å². The van der Waals surface area contributed by atoms with Crippen molar-refractivity contribution in [1.82, 2.24) is 10.6 Å². The highest BCUT2D eigenvalue weighted by Gasteiger charge is 2.56. The maximum Gasteiger partial charge on any atom is 0.315 e. The number of amides is 2. The van der Waals surface area contributed by atoms with E-state index in [1.807, 2.05) is 6.92 Å². The Labute approximate surface area is 121 Å². The third kappa shape index (κ3) is 3.26. The molecule has 1 spiro atoms. The second kappa shape index (κ2) is 7.27. The van der Waals surface area contributed by atoms with Crippen LogP contribution >= 0.6 is 0 Å². The molecule has 0 aromatic carbocycles. The number of aliphatic hydroxyl groups is 1. The van der Waals surface area contributed by atoms with E-state index in [0.29, 0.717) is 19.1 Å². The van der Waals surface area contributed by atoms with Crippen molar-refractivity contribution in [1.29, 1.82) is 0 Å². The number of hydrogen-bond donors (Lipinski definition) is 3. The SMILES string of the molecule is CCOC1CC(NC(=O)NCCCO)C12CCCCC2. The van der Waals surface area contributed by atoms with Crippen LogP contribution in [0.2, 0.25) is 0 Å². The van der Waals surface area contributed by atoms with Gasteiger partial charge in [0.1, 0.15) is 0 Å². The van der Waals surface area contributed by atoms with Gasteiger partial charge < -0.3 is 20.5 Å². The maximum atomic E-state index is 11.9. The summed E-state index contributed by atoms with van der Waals surface area (Å²) in [6.07, 6.45) is 7.97. The van der Waals surface area contributed by atoms with Crippen LogP contribution in [-0.4, -0.2) is 43.0 Å². The molecule has 20 heavy (non-hydrogen) atoms. The lowest BCUT2D eigenvalue weighted by Crippen LogP contribution is -2.66. The van der Waals surface area contributed by atoms with Crippen molar-refractivity contribution in [2.45, 2.75) is 64.0 Å². The van der Waals surface area contributed by atoms with Crippen LogP contribution < -0.4 is 10.6 Å². The minimum atomic E-state index is -0.108. The number of ether oxygens (including phenoxy) is 1. The fourth-order valence-electron chi connectivity index (χ4n) is 3.76. The van der Waals surface area contributed by atoms with Crippen molar-refractivity contribution in [3.8, 4) is 0 Å². The van der Waals surface area contributed by atoms with Crippen LogP contribution in [-0.2, 0) is 4.74 Å². The fourth-order valence-corrected chi connectivity index (χ4v) is 3.76. The molecule has 2 rings (SSSR count). The zero-order valence-corrected chi connectivity index (χ0v) is 12.5. The summed E-state index contributed by atoms with van der Waals surface area (Å²) >= 11 is 0. The Hall–Kier alpha value is -0.810. The van der Waals surface area contributed by atoms with Crippen LogP contribution in [0.5, 0.6) is 0 Å². The van der Waals surface area contributed by atoms with Crippen molar-refractivity contribution in [2.75, 3.05) is 19.8 Å². The highest BCUT2D eigenvalue weighted by molar-refractivity contribution is 5.74. The van der Waals surface area contributed by atoms with Gasteiger partial charge in [0, 0.05) is 31.2 Å². The second-order valence-electron chi connectivity index (χ2n) is 6.00. The van der Waals surface area contributed by atoms with Crippen LogP contribution in [0, 0.1) is 5.41 Å². The molecule has 2 unspecified atom stereocenters. The zero-order valence-electron chi connectivity index (χ0n) is 12.5. The van der Waals surface area contributed by atoms with Gasteiger partial charge in [-0.25, -0.2) is 4.79 Å². The molecule has 2 atom stereocenters. The van der Waals surface area contributed by atoms with Gasteiger partial charge in [-0.1, -0.05) is 19.3 Å². The van der Waals surface area contributed by atoms with E-state index < -0.39 is 0 Å². The van der Waals surface area contributed by atoms with Crippen LogP contribution in [0.4, 0.5) is 4.79 Å². The van der Waals surface area contributed by atoms with E-state index >= 15 is 0 Å². The molecule has 0 saturated heterocycles. The number of hydrogen-bond acceptors (Lipinski definition) is 3. The predicted molar refractivity (Wildman–Crippen MR) is 77.6 cm³/mol. The van der Waals surface area contributed by atoms with Crippen LogP contribution in [0.25, 0.3) is 0 Å². The summed E-state index contributed by atoms with van der Waals surface area (Å²) in [5.74, 6) is 0. The quantitative estimate of drug-likeness (QED) is 0.651. The normalized spacial score (nSPS) is 27.9. The van der Waals surface area contributed by atoms with Gasteiger partial charge in [0.25, 0.3) is 0 Å². The van der Waals surface area contributed by atoms with Crippen LogP contribution in [0.15, 0.2) is 0 Å². The molecular formula is C15H28N2O3. The molecule has 2 saturated carbocycles. The van der Waals surface area contributed by atoms with E-state index in [4.69, 9.17) is 9.84 Å². The molecule has 2 aliphatic carbocycles. The van der Waals surface area contributed by atoms with Gasteiger partial charge in [-0.05, 0) is 32.6 Å². The molecule has 2 aliphatic rings. The summed E-state index contributed by atoms with van der Waals surface area (Å²) in [5.41, 5.74) is 0.169. The highest BCUT2D eigenvalue weighted by Crippen LogP contribution is 2.53. The summed E-state index contributed by atoms with van der Waals surface area (Å²) in [6.45, 7) is 3.43. The van der Waals surface area contributed by atoms with Gasteiger partial charge in [-0.2, -0.15) is 0 Å². The molecule has 0 aliphatic heterocycles. The summed E-state index contributed by atoms with van der Waals surface area (Å²) in [6, 6.07) is 0.136. The molecule has 0 aromatic heterocycles. The Morgan fingerprint density at radius 2 is 2.10 bits per heavy atom. The lowest BCUT2D eigenvalue weighted by atomic mass is 9.55. The van der Waals surface area contributed by atoms with Gasteiger partial charge in [-0.3, -0.25) is 0 Å². The molecule has 2 amide bonds. The third-order valence-electron chi connectivity index (χ3n) is 4.86. The maximum absolute atomic E-state index is 11.9. The van der Waals surface area contributed by atoms with E-state index in [9.17, 15) is 4.79 Å². The van der Waals surface area contributed by atoms with Crippen molar-refractivity contribution in [3.05, 3.63) is 0 Å². The number of carbonyl (C=O) groups excluding carboxylic acids is 1. The molecule has 5 heteroatoms. The lowest BCUT2D eigenvalue weighted by Gasteiger charge is -2.57. The summed E-state index contributed by atoms with van der Waals surface area (Å²) in [5, 5.41) is 14.6. The molecule has 5 nitrogen and oxygen atoms in total. The minimum Gasteiger partial charge on any atom is -0.396 e. The van der Waals surface area contributed by atoms with Crippen LogP contribution in [0.1, 0.15) is 51.9 Å². The number of nitrogens with one attached hydrogen (secondary N) is 2. The Balaban J connectivity index is 1.86. The summed E-state index contributed by atoms with van der Waals surface area (Å²) < 4.78 is 5.88. The fraction of sp³-hybridized carbons (Fsp3) is 0.933. The molecule has 3 N–H and O–H groups in total. The highest BCUT2D eigenvalue weighted by atomic mass is 16.5. The molecule has 2 fully saturated rings. The molecule has 0 aromatic rings. The first-order chi connectivity index (χ1) is 9.73. The first-order valence-electron chi connectivity index (χ1n) is 8.00. The molecule has 0 bridgehead atoms. The molecule has 0 heterocycles. The van der Waals surface area contributed by atoms with E-state index in [1.54, 1.807) is 0 Å². The number of rotatable bonds is 6. The van der Waals surface area contributed by atoms with Crippen molar-refractivity contribution in [2.24, 2.45) is 5.41 Å². The van der Waals surface area contributed by atoms with Gasteiger partial charge >= 0.3 is 6.03 Å². The van der Waals surface area contributed by atoms with Crippen LogP contribution in [0.3, 0.4) is 0 Å². The topological polar surface area (TPSA) is 70.6 Å². The monoisotopic (exact) mass is 284 g/mol. The molecular weight excluding hydrogens is 256 g/mol. The summed E-state index contributed by atoms with van der Waals surface area (Å²) in [7, 11) is 0. The van der Waals surface area contributed by atoms with E-state index in [2.05, 4.69) is 10.6 Å². The second-order valence-corrected chi connectivity index (χ2v) is 6.00. The van der Waals surface area contributed by atoms with Crippen molar-refractivity contribution < 1.29 is 14.6 Å². The van der Waals surface area contributed by atoms with Gasteiger partial charge in [0.05, 0.1) is 6.10 Å². The zero-order chi connectivity index (χ0) is 14.4. The number of carbonyl (C=O) groups is 1. The number of urea groups is 1. The standard InChI is InChI=1S/C15H28N2O3/c1-2-20-13-11-12(15(13)7-4-3-5-8-15)17-14(19)16-9-6-10-18/h12-13,18H,2-11H2,1H3,(H2,16,17,19). The first kappa shape index (κ1) is 15.6. The lowest BCUT2D eigenvalue weighted by molar-refractivity contribution is -0.146. The van der Waals surface area contributed by atoms with Crippen molar-refractivity contribution >= 4 is 6.03 Å². The molecule has 0 radical (unpaired) electrons. The average Bonchev–Trinajstić information content (AvgIpc) is 2.47. The Morgan fingerprint density at radius 3 is 2.75 bits per heavy atom. The van der Waals surface area contributed by atoms with Gasteiger partial charge in [0.15, 0.2) is 0 Å². The van der Waals surface area contributed by atoms with Crippen molar-refractivity contribution in [3.63, 3.8) is 0 Å². The Bertz CT molecular complexity index is 316. The smallest absolute Gasteiger partial charge is 0.315 e. The Morgan fingerprint density at radius 1 is 1.35 bits per heavy atom. The van der Waals surface area contributed by atoms with E-state index in [1.165, 1.54) is 32.1 Å². The predicted octanol–water partition coefficient (Wildman–Crippen LogP) is 1.80. The van der Waals surface area contributed by atoms with Gasteiger partial charge in [0.2, 0.25) is 0 Å². The largest absolute Gasteiger partial charge is 0.396 e. The third-order valence-corrected chi connectivity index (χ3v) is 4.86. The summed E-state index contributed by atoms with van der Waals surface area (Å²) in [4.78, 5) is 11.9. The van der Waals surface area contributed by atoms with Gasteiger partial charge in [-0.15, -0.1) is 0 Å².